The highest BCUT2D eigenvalue weighted by Gasteiger charge is 2.50. The minimum Gasteiger partial charge on any atom is -0.336 e. The zero-order valence-corrected chi connectivity index (χ0v) is 14.6. The van der Waals surface area contributed by atoms with E-state index in [-0.39, 0.29) is 24.5 Å². The molecule has 3 rings (SSSR count). The molecule has 25 heavy (non-hydrogen) atoms. The predicted molar refractivity (Wildman–Crippen MR) is 89.0 cm³/mol. The summed E-state index contributed by atoms with van der Waals surface area (Å²) in [5.41, 5.74) is -0.821. The topological polar surface area (TPSA) is 69.7 Å². The Kier molecular flexibility index (Phi) is 4.26. The molecule has 1 heterocycles. The number of rotatable bonds is 5. The summed E-state index contributed by atoms with van der Waals surface area (Å²) in [6, 6.07) is 5.01. The van der Waals surface area contributed by atoms with Crippen LogP contribution in [0.3, 0.4) is 0 Å². The van der Waals surface area contributed by atoms with Crippen molar-refractivity contribution in [3.63, 3.8) is 0 Å². The first-order valence-electron chi connectivity index (χ1n) is 8.45. The van der Waals surface area contributed by atoms with Crippen LogP contribution in [0.2, 0.25) is 0 Å². The lowest BCUT2D eigenvalue weighted by Gasteiger charge is -2.28. The van der Waals surface area contributed by atoms with E-state index in [0.717, 1.165) is 17.7 Å². The van der Waals surface area contributed by atoms with Crippen molar-refractivity contribution in [1.29, 1.82) is 0 Å². The number of carbonyl (C=O) groups is 3. The van der Waals surface area contributed by atoms with Crippen molar-refractivity contribution >= 4 is 17.8 Å². The number of amides is 4. The second-order valence-electron chi connectivity index (χ2n) is 7.08. The molecule has 1 saturated carbocycles. The quantitative estimate of drug-likeness (QED) is 0.828. The van der Waals surface area contributed by atoms with Gasteiger partial charge in [-0.3, -0.25) is 14.5 Å². The first-order valence-corrected chi connectivity index (χ1v) is 8.45. The zero-order chi connectivity index (χ0) is 18.4. The molecule has 1 atom stereocenters. The van der Waals surface area contributed by atoms with Crippen LogP contribution in [0.4, 0.5) is 9.18 Å². The van der Waals surface area contributed by atoms with Crippen LogP contribution in [0.15, 0.2) is 24.3 Å². The van der Waals surface area contributed by atoms with Gasteiger partial charge in [-0.15, -0.1) is 0 Å². The number of hydrogen-bond acceptors (Lipinski definition) is 3. The van der Waals surface area contributed by atoms with E-state index in [1.165, 1.54) is 24.3 Å². The van der Waals surface area contributed by atoms with Crippen molar-refractivity contribution in [2.24, 2.45) is 0 Å². The number of halogens is 1. The van der Waals surface area contributed by atoms with Crippen LogP contribution in [-0.2, 0) is 15.1 Å². The fourth-order valence-electron chi connectivity index (χ4n) is 3.30. The lowest BCUT2D eigenvalue weighted by Crippen LogP contribution is -2.47. The number of carbonyl (C=O) groups excluding carboxylic acids is 3. The van der Waals surface area contributed by atoms with Gasteiger partial charge in [-0.05, 0) is 51.3 Å². The van der Waals surface area contributed by atoms with Gasteiger partial charge >= 0.3 is 6.03 Å². The largest absolute Gasteiger partial charge is 0.336 e. The highest BCUT2D eigenvalue weighted by atomic mass is 19.1. The fourth-order valence-corrected chi connectivity index (χ4v) is 3.30. The third-order valence-electron chi connectivity index (χ3n) is 4.77. The van der Waals surface area contributed by atoms with Crippen LogP contribution in [0.25, 0.3) is 0 Å². The lowest BCUT2D eigenvalue weighted by molar-refractivity contribution is -0.140. The fraction of sp³-hybridized carbons (Fsp3) is 0.500. The first-order chi connectivity index (χ1) is 11.7. The molecule has 1 N–H and O–H groups in total. The Morgan fingerprint density at radius 2 is 1.92 bits per heavy atom. The Morgan fingerprint density at radius 1 is 1.32 bits per heavy atom. The normalized spacial score (nSPS) is 23.2. The van der Waals surface area contributed by atoms with Crippen molar-refractivity contribution in [3.8, 4) is 0 Å². The molecule has 1 saturated heterocycles. The minimum atomic E-state index is -1.30. The van der Waals surface area contributed by atoms with Crippen LogP contribution in [-0.4, -0.2) is 46.3 Å². The molecule has 0 bridgehead atoms. The molecule has 1 aliphatic carbocycles. The Labute approximate surface area is 146 Å². The Bertz CT molecular complexity index is 713. The first kappa shape index (κ1) is 17.4. The molecule has 0 aromatic heterocycles. The third-order valence-corrected chi connectivity index (χ3v) is 4.77. The summed E-state index contributed by atoms with van der Waals surface area (Å²) in [5, 5.41) is 2.63. The highest BCUT2D eigenvalue weighted by Crippen LogP contribution is 2.31. The maximum absolute atomic E-state index is 13.1. The maximum atomic E-state index is 13.1. The number of urea groups is 1. The van der Waals surface area contributed by atoms with Gasteiger partial charge in [-0.25, -0.2) is 9.18 Å². The summed E-state index contributed by atoms with van der Waals surface area (Å²) < 4.78 is 13.1. The van der Waals surface area contributed by atoms with Crippen LogP contribution >= 0.6 is 0 Å². The molecule has 1 aliphatic heterocycles. The van der Waals surface area contributed by atoms with Crippen LogP contribution in [0, 0.1) is 5.82 Å². The molecule has 0 spiro atoms. The van der Waals surface area contributed by atoms with Crippen LogP contribution in [0.1, 0.15) is 39.2 Å². The van der Waals surface area contributed by atoms with Crippen molar-refractivity contribution in [1.82, 2.24) is 15.1 Å². The molecule has 2 aliphatic rings. The number of nitrogens with zero attached hydrogens (tertiary/aromatic N) is 2. The lowest BCUT2D eigenvalue weighted by atomic mass is 9.92. The summed E-state index contributed by atoms with van der Waals surface area (Å²) in [5.74, 6) is -1.16. The van der Waals surface area contributed by atoms with Gasteiger partial charge in [0.25, 0.3) is 5.91 Å². The second kappa shape index (κ2) is 6.13. The highest BCUT2D eigenvalue weighted by molar-refractivity contribution is 6.09. The average Bonchev–Trinajstić information content (AvgIpc) is 3.33. The molecule has 7 heteroatoms. The molecular weight excluding hydrogens is 325 g/mol. The molecule has 4 amide bonds. The summed E-state index contributed by atoms with van der Waals surface area (Å²) in [4.78, 5) is 40.4. The number of nitrogens with one attached hydrogen (secondary N) is 1. The minimum absolute atomic E-state index is 0.0178. The van der Waals surface area contributed by atoms with Crippen molar-refractivity contribution in [2.45, 2.75) is 51.2 Å². The van der Waals surface area contributed by atoms with E-state index in [1.807, 2.05) is 13.8 Å². The monoisotopic (exact) mass is 347 g/mol. The van der Waals surface area contributed by atoms with E-state index in [4.69, 9.17) is 0 Å². The van der Waals surface area contributed by atoms with Crippen LogP contribution in [0.5, 0.6) is 0 Å². The van der Waals surface area contributed by atoms with Gasteiger partial charge in [-0.2, -0.15) is 0 Å². The van der Waals surface area contributed by atoms with E-state index in [1.54, 1.807) is 11.8 Å². The van der Waals surface area contributed by atoms with Gasteiger partial charge in [0, 0.05) is 12.1 Å². The Morgan fingerprint density at radius 3 is 2.44 bits per heavy atom. The van der Waals surface area contributed by atoms with Crippen molar-refractivity contribution in [3.05, 3.63) is 35.6 Å². The average molecular weight is 347 g/mol. The summed E-state index contributed by atoms with van der Waals surface area (Å²) in [7, 11) is 0. The summed E-state index contributed by atoms with van der Waals surface area (Å²) in [6.45, 7) is 5.12. The molecule has 134 valence electrons. The number of benzene rings is 1. The van der Waals surface area contributed by atoms with E-state index in [9.17, 15) is 18.8 Å². The van der Waals surface area contributed by atoms with Crippen molar-refractivity contribution in [2.75, 3.05) is 6.54 Å². The van der Waals surface area contributed by atoms with Gasteiger partial charge in [0.05, 0.1) is 0 Å². The van der Waals surface area contributed by atoms with Crippen molar-refractivity contribution < 1.29 is 18.8 Å². The Balaban J connectivity index is 1.79. The standard InChI is InChI=1S/C18H22FN3O3/c1-11(2)22(14-8-9-14)15(23)10-21-16(24)18(3,20-17(21)25)12-4-6-13(19)7-5-12/h4-7,11,14H,8-10H2,1-3H3,(H,20,25). The van der Waals surface area contributed by atoms with Gasteiger partial charge in [0.15, 0.2) is 0 Å². The van der Waals surface area contributed by atoms with Gasteiger partial charge in [0.2, 0.25) is 5.91 Å². The molecule has 1 aromatic rings. The summed E-state index contributed by atoms with van der Waals surface area (Å²) in [6.07, 6.45) is 1.91. The van der Waals surface area contributed by atoms with Gasteiger partial charge in [0.1, 0.15) is 17.9 Å². The smallest absolute Gasteiger partial charge is 0.325 e. The molecule has 0 radical (unpaired) electrons. The number of imide groups is 1. The third kappa shape index (κ3) is 3.10. The van der Waals surface area contributed by atoms with E-state index < -0.39 is 23.3 Å². The predicted octanol–water partition coefficient (Wildman–Crippen LogP) is 1.99. The molecular formula is C18H22FN3O3. The Hall–Kier alpha value is -2.44. The van der Waals surface area contributed by atoms with E-state index in [0.29, 0.717) is 5.56 Å². The summed E-state index contributed by atoms with van der Waals surface area (Å²) >= 11 is 0. The molecule has 1 unspecified atom stereocenters. The zero-order valence-electron chi connectivity index (χ0n) is 14.6. The molecule has 6 nitrogen and oxygen atoms in total. The van der Waals surface area contributed by atoms with Crippen LogP contribution < -0.4 is 5.32 Å². The number of hydrogen-bond donors (Lipinski definition) is 1. The van der Waals surface area contributed by atoms with E-state index >= 15 is 0 Å². The SMILES string of the molecule is CC(C)N(C(=O)CN1C(=O)NC(C)(c2ccc(F)cc2)C1=O)C1CC1. The molecule has 2 fully saturated rings. The van der Waals surface area contributed by atoms with Gasteiger partial charge in [-0.1, -0.05) is 12.1 Å². The van der Waals surface area contributed by atoms with E-state index in [2.05, 4.69) is 5.32 Å². The van der Waals surface area contributed by atoms with Gasteiger partial charge < -0.3 is 10.2 Å². The second-order valence-corrected chi connectivity index (χ2v) is 7.08. The maximum Gasteiger partial charge on any atom is 0.325 e. The molecule has 1 aromatic carbocycles.